The van der Waals surface area contributed by atoms with Crippen molar-refractivity contribution < 1.29 is 4.74 Å². The molecule has 3 heterocycles. The highest BCUT2D eigenvalue weighted by molar-refractivity contribution is 5.96. The molecule has 0 bridgehead atoms. The number of pyridine rings is 2. The Balaban J connectivity index is 1.23. The molecule has 1 aliphatic rings. The lowest BCUT2D eigenvalue weighted by molar-refractivity contribution is 0.481. The van der Waals surface area contributed by atoms with Crippen LogP contribution in [0.25, 0.3) is 33.2 Å². The maximum absolute atomic E-state index is 7.23. The van der Waals surface area contributed by atoms with Crippen LogP contribution in [0.5, 0.6) is 11.5 Å². The number of rotatable bonds is 7. The molecule has 0 amide bonds. The number of benzene rings is 7. The summed E-state index contributed by atoms with van der Waals surface area (Å²) in [5.74, 6) is 1.48. The molecule has 4 nitrogen and oxygen atoms in total. The lowest BCUT2D eigenvalue weighted by Gasteiger charge is -2.47. The molecular weight excluding hydrogens is 851 g/mol. The zero-order valence-corrected chi connectivity index (χ0v) is 43.0. The van der Waals surface area contributed by atoms with Crippen LogP contribution >= 0.6 is 0 Å². The van der Waals surface area contributed by atoms with Crippen LogP contribution in [-0.4, -0.2) is 9.97 Å². The first-order chi connectivity index (χ1) is 33.3. The fraction of sp³-hybridized carbons (Fsp3) is 0.242. The number of hydrogen-bond acceptors (Lipinski definition) is 4. The Morgan fingerprint density at radius 1 is 0.471 bits per heavy atom. The average Bonchev–Trinajstić information content (AvgIpc) is 3.32. The van der Waals surface area contributed by atoms with Gasteiger partial charge in [-0.05, 0) is 171 Å². The van der Waals surface area contributed by atoms with E-state index in [0.717, 1.165) is 67.4 Å². The zero-order valence-electron chi connectivity index (χ0n) is 43.0. The Morgan fingerprint density at radius 2 is 1.07 bits per heavy atom. The number of anilines is 3. The molecule has 9 aromatic rings. The molecule has 2 aromatic heterocycles. The van der Waals surface area contributed by atoms with Crippen molar-refractivity contribution in [3.05, 3.63) is 232 Å². The van der Waals surface area contributed by atoms with Crippen LogP contribution in [-0.2, 0) is 21.7 Å². The number of aromatic nitrogens is 2. The molecule has 4 heteroatoms. The summed E-state index contributed by atoms with van der Waals surface area (Å²) in [4.78, 5) is 12.8. The van der Waals surface area contributed by atoms with Gasteiger partial charge in [-0.15, -0.1) is 0 Å². The minimum absolute atomic E-state index is 0.0228. The summed E-state index contributed by atoms with van der Waals surface area (Å²) in [5.41, 5.74) is 18.4. The van der Waals surface area contributed by atoms with Crippen molar-refractivity contribution in [2.75, 3.05) is 4.90 Å². The van der Waals surface area contributed by atoms with Gasteiger partial charge in [0.05, 0.1) is 28.2 Å². The topological polar surface area (TPSA) is 38.2 Å². The maximum Gasteiger partial charge on any atom is 0.128 e. The molecule has 0 unspecified atom stereocenters. The predicted molar refractivity (Wildman–Crippen MR) is 294 cm³/mol. The lowest BCUT2D eigenvalue weighted by atomic mass is 9.62. The van der Waals surface area contributed by atoms with Gasteiger partial charge in [0.2, 0.25) is 0 Å². The number of fused-ring (bicyclic) bond motifs is 3. The summed E-state index contributed by atoms with van der Waals surface area (Å²) in [7, 11) is 0. The van der Waals surface area contributed by atoms with Crippen molar-refractivity contribution in [2.45, 2.75) is 105 Å². The summed E-state index contributed by atoms with van der Waals surface area (Å²) in [5, 5.41) is 2.25. The first-order valence-electron chi connectivity index (χ1n) is 24.8. The van der Waals surface area contributed by atoms with E-state index in [1.54, 1.807) is 0 Å². The van der Waals surface area contributed by atoms with Gasteiger partial charge in [0.1, 0.15) is 11.5 Å². The highest BCUT2D eigenvalue weighted by Crippen LogP contribution is 2.59. The Kier molecular flexibility index (Phi) is 11.5. The number of nitrogens with zero attached hydrogens (tertiary/aromatic N) is 3. The molecule has 350 valence electrons. The first kappa shape index (κ1) is 46.4. The standard InChI is InChI=1S/C66H65N3O/c1-42-34-43(2)61(44(3)35-42)46-36-47(62-55-21-14-13-18-45(55)31-33-68-62)38-54(37-46)70-53-20-17-19-51(39-53)66(60-22-15-16-32-67-60)56-40-49(64(7,8)9)25-29-58(56)69(52-27-23-48(24-28-52)63(4,5)6)59-30-26-50(41-57(59)66)65(10,11)12/h13-41H,1-12H3. The molecule has 10 rings (SSSR count). The number of ether oxygens (including phenoxy) is 1. The Labute approximate surface area is 416 Å². The summed E-state index contributed by atoms with van der Waals surface area (Å²) < 4.78 is 7.23. The summed E-state index contributed by atoms with van der Waals surface area (Å²) in [6.45, 7) is 27.2. The van der Waals surface area contributed by atoms with E-state index in [1.807, 2.05) is 18.5 Å². The van der Waals surface area contributed by atoms with E-state index < -0.39 is 5.41 Å². The zero-order chi connectivity index (χ0) is 49.3. The highest BCUT2D eigenvalue weighted by atomic mass is 16.5. The Morgan fingerprint density at radius 3 is 1.69 bits per heavy atom. The van der Waals surface area contributed by atoms with E-state index in [1.165, 1.54) is 50.1 Å². The maximum atomic E-state index is 7.23. The third-order valence-electron chi connectivity index (χ3n) is 14.4. The normalized spacial score (nSPS) is 13.5. The third-order valence-corrected chi connectivity index (χ3v) is 14.4. The van der Waals surface area contributed by atoms with Gasteiger partial charge in [-0.25, -0.2) is 0 Å². The number of hydrogen-bond donors (Lipinski definition) is 0. The van der Waals surface area contributed by atoms with E-state index in [-0.39, 0.29) is 16.2 Å². The van der Waals surface area contributed by atoms with Gasteiger partial charge in [0.25, 0.3) is 0 Å². The smallest absolute Gasteiger partial charge is 0.128 e. The molecule has 70 heavy (non-hydrogen) atoms. The van der Waals surface area contributed by atoms with E-state index in [4.69, 9.17) is 14.7 Å². The number of aryl methyl sites for hydroxylation is 3. The van der Waals surface area contributed by atoms with Gasteiger partial charge in [-0.2, -0.15) is 0 Å². The summed E-state index contributed by atoms with van der Waals surface area (Å²) in [6, 6.07) is 60.3. The minimum Gasteiger partial charge on any atom is -0.457 e. The molecule has 0 radical (unpaired) electrons. The molecule has 0 spiro atoms. The predicted octanol–water partition coefficient (Wildman–Crippen LogP) is 17.7. The molecule has 7 aromatic carbocycles. The summed E-state index contributed by atoms with van der Waals surface area (Å²) >= 11 is 0. The van der Waals surface area contributed by atoms with E-state index in [0.29, 0.717) is 0 Å². The van der Waals surface area contributed by atoms with Crippen LogP contribution in [0, 0.1) is 20.8 Å². The quantitative estimate of drug-likeness (QED) is 0.160. The Hall–Kier alpha value is -7.30. The highest BCUT2D eigenvalue weighted by Gasteiger charge is 2.49. The molecule has 1 aliphatic heterocycles. The van der Waals surface area contributed by atoms with Gasteiger partial charge >= 0.3 is 0 Å². The Bertz CT molecular complexity index is 3340. The largest absolute Gasteiger partial charge is 0.457 e. The van der Waals surface area contributed by atoms with Crippen LogP contribution in [0.15, 0.2) is 176 Å². The molecule has 0 fully saturated rings. The molecule has 0 N–H and O–H groups in total. The monoisotopic (exact) mass is 916 g/mol. The average molecular weight is 916 g/mol. The second kappa shape index (κ2) is 17.3. The van der Waals surface area contributed by atoms with E-state index in [2.05, 4.69) is 246 Å². The van der Waals surface area contributed by atoms with Crippen LogP contribution in [0.1, 0.15) is 118 Å². The van der Waals surface area contributed by atoms with Crippen molar-refractivity contribution in [3.8, 4) is 33.9 Å². The van der Waals surface area contributed by atoms with Gasteiger partial charge < -0.3 is 9.64 Å². The fourth-order valence-corrected chi connectivity index (χ4v) is 10.8. The van der Waals surface area contributed by atoms with Crippen LogP contribution < -0.4 is 9.64 Å². The molecule has 0 saturated heterocycles. The first-order valence-corrected chi connectivity index (χ1v) is 24.8. The van der Waals surface area contributed by atoms with Gasteiger partial charge in [0, 0.05) is 29.0 Å². The SMILES string of the molecule is Cc1cc(C)c(-c2cc(Oc3cccc(C4(c5ccccn5)c5cc(C(C)(C)C)ccc5N(c5ccc(C(C)(C)C)cc5)c5ccc(C(C)(C)C)cc54)c3)cc(-c3nccc4ccccc34)c2)c(C)c1. The molecule has 0 saturated carbocycles. The molecule has 0 aliphatic carbocycles. The van der Waals surface area contributed by atoms with Crippen LogP contribution in [0.4, 0.5) is 17.1 Å². The second-order valence-corrected chi connectivity index (χ2v) is 22.6. The van der Waals surface area contributed by atoms with Crippen LogP contribution in [0.2, 0.25) is 0 Å². The second-order valence-electron chi connectivity index (χ2n) is 22.6. The third kappa shape index (κ3) is 8.27. The summed E-state index contributed by atoms with van der Waals surface area (Å²) in [6.07, 6.45) is 3.85. The lowest BCUT2D eigenvalue weighted by Crippen LogP contribution is -2.39. The van der Waals surface area contributed by atoms with Gasteiger partial charge in [-0.1, -0.05) is 159 Å². The van der Waals surface area contributed by atoms with Crippen molar-refractivity contribution in [2.24, 2.45) is 0 Å². The minimum atomic E-state index is -0.855. The fourth-order valence-electron chi connectivity index (χ4n) is 10.8. The van der Waals surface area contributed by atoms with E-state index in [9.17, 15) is 0 Å². The van der Waals surface area contributed by atoms with Crippen molar-refractivity contribution in [3.63, 3.8) is 0 Å². The van der Waals surface area contributed by atoms with E-state index >= 15 is 0 Å². The van der Waals surface area contributed by atoms with Crippen molar-refractivity contribution in [1.29, 1.82) is 0 Å². The van der Waals surface area contributed by atoms with Gasteiger partial charge in [-0.3, -0.25) is 9.97 Å². The molecule has 0 atom stereocenters. The van der Waals surface area contributed by atoms with Gasteiger partial charge in [0.15, 0.2) is 0 Å². The van der Waals surface area contributed by atoms with Crippen molar-refractivity contribution >= 4 is 27.8 Å². The van der Waals surface area contributed by atoms with Crippen LogP contribution in [0.3, 0.4) is 0 Å². The molecular formula is C66H65N3O. The van der Waals surface area contributed by atoms with Crippen molar-refractivity contribution in [1.82, 2.24) is 9.97 Å².